The predicted molar refractivity (Wildman–Crippen MR) is 76.7 cm³/mol. The normalized spacial score (nSPS) is 10.8. The second-order valence-electron chi connectivity index (χ2n) is 4.08. The lowest BCUT2D eigenvalue weighted by atomic mass is 10.2. The van der Waals surface area contributed by atoms with Gasteiger partial charge in [0.25, 0.3) is 0 Å². The Morgan fingerprint density at radius 2 is 2.06 bits per heavy atom. The second-order valence-corrected chi connectivity index (χ2v) is 6.38. The highest BCUT2D eigenvalue weighted by Gasteiger charge is 2.06. The Morgan fingerprint density at radius 3 is 2.65 bits per heavy atom. The molecule has 0 spiro atoms. The highest BCUT2D eigenvalue weighted by atomic mass is 32.2. The molecule has 1 aromatic heterocycles. The van der Waals surface area contributed by atoms with Gasteiger partial charge in [0.1, 0.15) is 5.01 Å². The summed E-state index contributed by atoms with van der Waals surface area (Å²) in [7, 11) is 0. The van der Waals surface area contributed by atoms with Crippen molar-refractivity contribution in [2.45, 2.75) is 31.4 Å². The molecule has 2 rings (SSSR count). The summed E-state index contributed by atoms with van der Waals surface area (Å²) < 4.78 is 0. The number of nitrogen functional groups attached to an aromatic ring is 1. The monoisotopic (exact) mass is 264 g/mol. The number of thioether (sulfide) groups is 1. The average molecular weight is 264 g/mol. The molecule has 4 heteroatoms. The number of aryl methyl sites for hydroxylation is 3. The van der Waals surface area contributed by atoms with E-state index in [2.05, 4.69) is 37.9 Å². The summed E-state index contributed by atoms with van der Waals surface area (Å²) in [5.74, 6) is 0.895. The average Bonchev–Trinajstić information content (AvgIpc) is 2.57. The van der Waals surface area contributed by atoms with E-state index in [1.807, 2.05) is 6.07 Å². The molecule has 0 aliphatic carbocycles. The number of benzene rings is 1. The lowest BCUT2D eigenvalue weighted by Crippen LogP contribution is -1.89. The number of hydrogen-bond donors (Lipinski definition) is 1. The number of aromatic nitrogens is 1. The molecule has 1 heterocycles. The summed E-state index contributed by atoms with van der Waals surface area (Å²) in [5, 5.41) is 1.17. The molecular formula is C13H16N2S2. The molecule has 0 atom stereocenters. The molecule has 0 radical (unpaired) electrons. The Labute approximate surface area is 110 Å². The molecule has 2 nitrogen and oxygen atoms in total. The molecule has 1 aromatic carbocycles. The summed E-state index contributed by atoms with van der Waals surface area (Å²) >= 11 is 3.52. The Bertz CT molecular complexity index is 513. The van der Waals surface area contributed by atoms with Crippen molar-refractivity contribution in [3.63, 3.8) is 0 Å². The van der Waals surface area contributed by atoms with Crippen molar-refractivity contribution in [1.82, 2.24) is 4.98 Å². The van der Waals surface area contributed by atoms with Crippen LogP contribution in [0.15, 0.2) is 23.1 Å². The van der Waals surface area contributed by atoms with Gasteiger partial charge in [0.15, 0.2) is 0 Å². The molecule has 0 saturated carbocycles. The van der Waals surface area contributed by atoms with Crippen LogP contribution in [0, 0.1) is 20.8 Å². The van der Waals surface area contributed by atoms with Crippen LogP contribution in [0.4, 0.5) is 5.69 Å². The maximum absolute atomic E-state index is 5.98. The fourth-order valence-electron chi connectivity index (χ4n) is 1.54. The fourth-order valence-corrected chi connectivity index (χ4v) is 3.41. The van der Waals surface area contributed by atoms with Gasteiger partial charge in [-0.2, -0.15) is 0 Å². The van der Waals surface area contributed by atoms with Gasteiger partial charge in [0.2, 0.25) is 0 Å². The zero-order valence-corrected chi connectivity index (χ0v) is 11.9. The summed E-state index contributed by atoms with van der Waals surface area (Å²) in [4.78, 5) is 6.97. The molecular weight excluding hydrogens is 248 g/mol. The van der Waals surface area contributed by atoms with Gasteiger partial charge in [-0.1, -0.05) is 6.07 Å². The first kappa shape index (κ1) is 12.5. The molecule has 0 aliphatic rings. The number of nitrogens with zero attached hydrogens (tertiary/aromatic N) is 1. The molecule has 0 amide bonds. The van der Waals surface area contributed by atoms with Crippen LogP contribution in [-0.4, -0.2) is 4.98 Å². The third-order valence-corrected chi connectivity index (χ3v) is 4.95. The van der Waals surface area contributed by atoms with E-state index in [0.29, 0.717) is 0 Å². The zero-order valence-electron chi connectivity index (χ0n) is 10.3. The second kappa shape index (κ2) is 5.10. The minimum absolute atomic E-state index is 0.861. The van der Waals surface area contributed by atoms with Crippen molar-refractivity contribution >= 4 is 28.8 Å². The summed E-state index contributed by atoms with van der Waals surface area (Å²) in [5.41, 5.74) is 9.19. The topological polar surface area (TPSA) is 38.9 Å². The van der Waals surface area contributed by atoms with Gasteiger partial charge in [0, 0.05) is 15.5 Å². The van der Waals surface area contributed by atoms with Crippen LogP contribution < -0.4 is 5.73 Å². The smallest absolute Gasteiger partial charge is 0.103 e. The van der Waals surface area contributed by atoms with Crippen LogP contribution >= 0.6 is 23.1 Å². The molecule has 90 valence electrons. The van der Waals surface area contributed by atoms with Gasteiger partial charge in [-0.15, -0.1) is 23.1 Å². The van der Waals surface area contributed by atoms with Crippen molar-refractivity contribution in [2.75, 3.05) is 5.73 Å². The molecule has 2 aromatic rings. The number of hydrogen-bond acceptors (Lipinski definition) is 4. The molecule has 0 saturated heterocycles. The van der Waals surface area contributed by atoms with Gasteiger partial charge in [-0.05, 0) is 38.5 Å². The lowest BCUT2D eigenvalue weighted by Gasteiger charge is -2.04. The van der Waals surface area contributed by atoms with Gasteiger partial charge in [0.05, 0.1) is 11.4 Å². The Kier molecular flexibility index (Phi) is 3.74. The molecule has 0 bridgehead atoms. The fraction of sp³-hybridized carbons (Fsp3) is 0.308. The van der Waals surface area contributed by atoms with Crippen molar-refractivity contribution in [3.05, 3.63) is 39.3 Å². The standard InChI is InChI=1S/C13H16N2S2/c1-8-4-5-12(11(14)6-8)16-7-13-15-9(2)10(3)17-13/h4-6H,7,14H2,1-3H3. The highest BCUT2D eigenvalue weighted by Crippen LogP contribution is 2.30. The molecule has 2 N–H and O–H groups in total. The number of nitrogens with two attached hydrogens (primary N) is 1. The number of thiazole rings is 1. The van der Waals surface area contributed by atoms with Gasteiger partial charge in [-0.25, -0.2) is 4.98 Å². The van der Waals surface area contributed by atoms with Gasteiger partial charge >= 0.3 is 0 Å². The van der Waals surface area contributed by atoms with Crippen LogP contribution in [-0.2, 0) is 5.75 Å². The van der Waals surface area contributed by atoms with Crippen LogP contribution in [0.3, 0.4) is 0 Å². The Balaban J connectivity index is 2.07. The zero-order chi connectivity index (χ0) is 12.4. The van der Waals surface area contributed by atoms with E-state index in [9.17, 15) is 0 Å². The number of rotatable bonds is 3. The third-order valence-electron chi connectivity index (χ3n) is 2.59. The maximum Gasteiger partial charge on any atom is 0.103 e. The SMILES string of the molecule is Cc1ccc(SCc2nc(C)c(C)s2)c(N)c1. The first-order valence-electron chi connectivity index (χ1n) is 5.48. The van der Waals surface area contributed by atoms with Crippen LogP contribution in [0.2, 0.25) is 0 Å². The molecule has 0 unspecified atom stereocenters. The van der Waals surface area contributed by atoms with Gasteiger partial charge in [-0.3, -0.25) is 0 Å². The Hall–Kier alpha value is -1.00. The highest BCUT2D eigenvalue weighted by molar-refractivity contribution is 7.98. The van der Waals surface area contributed by atoms with Gasteiger partial charge < -0.3 is 5.73 Å². The third kappa shape index (κ3) is 3.01. The van der Waals surface area contributed by atoms with Crippen LogP contribution in [0.5, 0.6) is 0 Å². The van der Waals surface area contributed by atoms with Crippen molar-refractivity contribution < 1.29 is 0 Å². The van der Waals surface area contributed by atoms with Crippen molar-refractivity contribution in [3.8, 4) is 0 Å². The van der Waals surface area contributed by atoms with E-state index >= 15 is 0 Å². The first-order valence-corrected chi connectivity index (χ1v) is 7.28. The van der Waals surface area contributed by atoms with E-state index in [0.717, 1.165) is 22.0 Å². The summed E-state index contributed by atoms with van der Waals surface area (Å²) in [6, 6.07) is 6.19. The van der Waals surface area contributed by atoms with Crippen LogP contribution in [0.25, 0.3) is 0 Å². The van der Waals surface area contributed by atoms with E-state index < -0.39 is 0 Å². The van der Waals surface area contributed by atoms with Crippen molar-refractivity contribution in [2.24, 2.45) is 0 Å². The summed E-state index contributed by atoms with van der Waals surface area (Å²) in [6.07, 6.45) is 0. The lowest BCUT2D eigenvalue weighted by molar-refractivity contribution is 1.16. The Morgan fingerprint density at radius 1 is 1.29 bits per heavy atom. The van der Waals surface area contributed by atoms with E-state index in [-0.39, 0.29) is 0 Å². The van der Waals surface area contributed by atoms with E-state index in [4.69, 9.17) is 5.73 Å². The number of anilines is 1. The van der Waals surface area contributed by atoms with E-state index in [1.165, 1.54) is 15.4 Å². The maximum atomic E-state index is 5.98. The largest absolute Gasteiger partial charge is 0.398 e. The minimum Gasteiger partial charge on any atom is -0.398 e. The van der Waals surface area contributed by atoms with E-state index in [1.54, 1.807) is 23.1 Å². The molecule has 17 heavy (non-hydrogen) atoms. The first-order chi connectivity index (χ1) is 8.06. The minimum atomic E-state index is 0.861. The van der Waals surface area contributed by atoms with Crippen molar-refractivity contribution in [1.29, 1.82) is 0 Å². The predicted octanol–water partition coefficient (Wildman–Crippen LogP) is 3.94. The van der Waals surface area contributed by atoms with Crippen LogP contribution in [0.1, 0.15) is 21.1 Å². The summed E-state index contributed by atoms with van der Waals surface area (Å²) in [6.45, 7) is 6.22. The molecule has 0 aliphatic heterocycles. The molecule has 0 fully saturated rings. The quantitative estimate of drug-likeness (QED) is 0.674.